The average molecular weight is 286 g/mol. The van der Waals surface area contributed by atoms with E-state index in [2.05, 4.69) is 32.2 Å². The third-order valence-electron chi connectivity index (χ3n) is 4.22. The third kappa shape index (κ3) is 2.22. The first-order chi connectivity index (χ1) is 10.2. The molecule has 110 valence electrons. The minimum absolute atomic E-state index is 0.0911. The largest absolute Gasteiger partial charge is 0.349 e. The fraction of sp³-hybridized carbons (Fsp3) is 0.571. The minimum atomic E-state index is -0.0911. The molecule has 1 atom stereocenters. The van der Waals surface area contributed by atoms with Crippen LogP contribution in [0.5, 0.6) is 0 Å². The normalized spacial score (nSPS) is 22.0. The summed E-state index contributed by atoms with van der Waals surface area (Å²) in [5.41, 5.74) is 1.11. The van der Waals surface area contributed by atoms with Gasteiger partial charge < -0.3 is 10.2 Å². The maximum Gasteiger partial charge on any atom is 0.256 e. The molecule has 1 N–H and O–H groups in total. The molecule has 2 aromatic rings. The first-order valence-electron chi connectivity index (χ1n) is 7.50. The van der Waals surface area contributed by atoms with Crippen molar-refractivity contribution in [3.63, 3.8) is 0 Å². The Morgan fingerprint density at radius 3 is 2.95 bits per heavy atom. The molecule has 7 nitrogen and oxygen atoms in total. The molecule has 7 heteroatoms. The first kappa shape index (κ1) is 12.6. The maximum absolute atomic E-state index is 12.2. The predicted molar refractivity (Wildman–Crippen MR) is 77.3 cm³/mol. The average Bonchev–Trinajstić information content (AvgIpc) is 3.02. The lowest BCUT2D eigenvalue weighted by molar-refractivity contribution is 0.0952. The van der Waals surface area contributed by atoms with E-state index in [1.54, 1.807) is 17.0 Å². The van der Waals surface area contributed by atoms with Gasteiger partial charge in [-0.15, -0.1) is 0 Å². The molecule has 1 aliphatic heterocycles. The number of nitrogens with one attached hydrogen (secondary N) is 1. The van der Waals surface area contributed by atoms with E-state index in [9.17, 15) is 4.79 Å². The van der Waals surface area contributed by atoms with Crippen molar-refractivity contribution in [2.24, 2.45) is 0 Å². The van der Waals surface area contributed by atoms with E-state index >= 15 is 0 Å². The van der Waals surface area contributed by atoms with E-state index in [1.807, 2.05) is 0 Å². The van der Waals surface area contributed by atoms with Crippen molar-refractivity contribution in [3.05, 3.63) is 18.1 Å². The fourth-order valence-electron chi connectivity index (χ4n) is 2.80. The molecule has 0 unspecified atom stereocenters. The lowest BCUT2D eigenvalue weighted by Gasteiger charge is -2.20. The number of nitrogens with zero attached hydrogens (tertiary/aromatic N) is 5. The third-order valence-corrected chi connectivity index (χ3v) is 4.22. The Hall–Kier alpha value is -2.18. The van der Waals surface area contributed by atoms with Crippen molar-refractivity contribution in [2.45, 2.75) is 44.7 Å². The molecule has 1 saturated carbocycles. The molecular formula is C14H18N6O. The van der Waals surface area contributed by atoms with E-state index in [4.69, 9.17) is 0 Å². The molecule has 2 aliphatic rings. The second-order valence-electron chi connectivity index (χ2n) is 5.92. The zero-order chi connectivity index (χ0) is 14.4. The molecule has 1 saturated heterocycles. The van der Waals surface area contributed by atoms with E-state index in [1.165, 1.54) is 0 Å². The molecule has 0 radical (unpaired) electrons. The zero-order valence-electron chi connectivity index (χ0n) is 12.0. The highest BCUT2D eigenvalue weighted by Gasteiger charge is 2.27. The van der Waals surface area contributed by atoms with Gasteiger partial charge in [0, 0.05) is 18.6 Å². The first-order valence-corrected chi connectivity index (χ1v) is 7.50. The smallest absolute Gasteiger partial charge is 0.256 e. The highest BCUT2D eigenvalue weighted by Crippen LogP contribution is 2.23. The number of fused-ring (bicyclic) bond motifs is 1. The van der Waals surface area contributed by atoms with Gasteiger partial charge in [0.1, 0.15) is 11.9 Å². The van der Waals surface area contributed by atoms with Crippen LogP contribution in [0.1, 0.15) is 43.0 Å². The summed E-state index contributed by atoms with van der Waals surface area (Å²) in [6.45, 7) is 3.15. The Morgan fingerprint density at radius 1 is 1.38 bits per heavy atom. The van der Waals surface area contributed by atoms with E-state index in [0.29, 0.717) is 29.2 Å². The van der Waals surface area contributed by atoms with Gasteiger partial charge in [0.2, 0.25) is 5.95 Å². The standard InChI is InChI=1S/C14H18N6O/c1-9-3-2-6-19(9)14-15-8-20-12(18-14)11(7-16-20)13(21)17-10-4-5-10/h7-10H,2-6H2,1H3,(H,17,21)/t9-/m0/s1. The van der Waals surface area contributed by atoms with Crippen molar-refractivity contribution < 1.29 is 4.79 Å². The van der Waals surface area contributed by atoms with E-state index in [-0.39, 0.29) is 5.91 Å². The Bertz CT molecular complexity index is 692. The molecule has 2 fully saturated rings. The molecule has 21 heavy (non-hydrogen) atoms. The zero-order valence-corrected chi connectivity index (χ0v) is 12.0. The number of carbonyl (C=O) groups excluding carboxylic acids is 1. The van der Waals surface area contributed by atoms with Crippen LogP contribution in [0.2, 0.25) is 0 Å². The number of aromatic nitrogens is 4. The summed E-state index contributed by atoms with van der Waals surface area (Å²) < 4.78 is 1.56. The Balaban J connectivity index is 1.69. The van der Waals surface area contributed by atoms with Crippen LogP contribution in [0, 0.1) is 0 Å². The molecule has 0 spiro atoms. The van der Waals surface area contributed by atoms with Gasteiger partial charge in [-0.2, -0.15) is 10.1 Å². The number of hydrogen-bond acceptors (Lipinski definition) is 5. The van der Waals surface area contributed by atoms with Crippen molar-refractivity contribution in [2.75, 3.05) is 11.4 Å². The van der Waals surface area contributed by atoms with Gasteiger partial charge >= 0.3 is 0 Å². The van der Waals surface area contributed by atoms with Crippen LogP contribution in [0.15, 0.2) is 12.5 Å². The lowest BCUT2D eigenvalue weighted by Crippen LogP contribution is -2.29. The summed E-state index contributed by atoms with van der Waals surface area (Å²) in [4.78, 5) is 23.4. The highest BCUT2D eigenvalue weighted by atomic mass is 16.1. The molecule has 2 aromatic heterocycles. The van der Waals surface area contributed by atoms with Crippen molar-refractivity contribution in [1.82, 2.24) is 24.9 Å². The van der Waals surface area contributed by atoms with Crippen molar-refractivity contribution in [1.29, 1.82) is 0 Å². The van der Waals surface area contributed by atoms with Gasteiger partial charge in [0.15, 0.2) is 5.65 Å². The molecule has 3 heterocycles. The summed E-state index contributed by atoms with van der Waals surface area (Å²) in [6.07, 6.45) is 7.65. The number of carbonyl (C=O) groups is 1. The Kier molecular flexibility index (Phi) is 2.80. The summed E-state index contributed by atoms with van der Waals surface area (Å²) in [7, 11) is 0. The van der Waals surface area contributed by atoms with Gasteiger partial charge in [-0.05, 0) is 32.6 Å². The molecule has 1 amide bonds. The molecule has 1 aliphatic carbocycles. The van der Waals surface area contributed by atoms with Gasteiger partial charge in [-0.3, -0.25) is 4.79 Å². The molecule has 0 aromatic carbocycles. The van der Waals surface area contributed by atoms with Crippen LogP contribution in [0.4, 0.5) is 5.95 Å². The van der Waals surface area contributed by atoms with E-state index < -0.39 is 0 Å². The Morgan fingerprint density at radius 2 is 2.24 bits per heavy atom. The second kappa shape index (κ2) is 4.68. The van der Waals surface area contributed by atoms with Crippen LogP contribution in [-0.4, -0.2) is 44.1 Å². The summed E-state index contributed by atoms with van der Waals surface area (Å²) >= 11 is 0. The number of hydrogen-bond donors (Lipinski definition) is 1. The number of anilines is 1. The van der Waals surface area contributed by atoms with Gasteiger partial charge in [-0.25, -0.2) is 9.50 Å². The Labute approximate surface area is 122 Å². The second-order valence-corrected chi connectivity index (χ2v) is 5.92. The van der Waals surface area contributed by atoms with Crippen LogP contribution < -0.4 is 10.2 Å². The minimum Gasteiger partial charge on any atom is -0.349 e. The quantitative estimate of drug-likeness (QED) is 0.911. The molecule has 0 bridgehead atoms. The van der Waals surface area contributed by atoms with Gasteiger partial charge in [0.05, 0.1) is 6.20 Å². The van der Waals surface area contributed by atoms with Crippen LogP contribution in [0.3, 0.4) is 0 Å². The number of amides is 1. The van der Waals surface area contributed by atoms with E-state index in [0.717, 1.165) is 32.2 Å². The molecular weight excluding hydrogens is 268 g/mol. The highest BCUT2D eigenvalue weighted by molar-refractivity contribution is 6.00. The predicted octanol–water partition coefficient (Wildman–Crippen LogP) is 1.01. The van der Waals surface area contributed by atoms with Gasteiger partial charge in [-0.1, -0.05) is 0 Å². The monoisotopic (exact) mass is 286 g/mol. The summed E-state index contributed by atoms with van der Waals surface area (Å²) in [5.74, 6) is 0.597. The maximum atomic E-state index is 12.2. The SMILES string of the molecule is C[C@H]1CCCN1c1ncn2ncc(C(=O)NC3CC3)c2n1. The molecule has 4 rings (SSSR count). The van der Waals surface area contributed by atoms with Crippen LogP contribution in [0.25, 0.3) is 5.65 Å². The van der Waals surface area contributed by atoms with Crippen LogP contribution >= 0.6 is 0 Å². The van der Waals surface area contributed by atoms with Crippen LogP contribution in [-0.2, 0) is 0 Å². The fourth-order valence-corrected chi connectivity index (χ4v) is 2.80. The van der Waals surface area contributed by atoms with Crippen molar-refractivity contribution >= 4 is 17.5 Å². The van der Waals surface area contributed by atoms with Gasteiger partial charge in [0.25, 0.3) is 5.91 Å². The topological polar surface area (TPSA) is 75.4 Å². The lowest BCUT2D eigenvalue weighted by atomic mass is 10.2. The number of rotatable bonds is 3. The van der Waals surface area contributed by atoms with Crippen molar-refractivity contribution in [3.8, 4) is 0 Å². The summed E-state index contributed by atoms with van der Waals surface area (Å²) in [6, 6.07) is 0.770. The summed E-state index contributed by atoms with van der Waals surface area (Å²) in [5, 5.41) is 7.15.